The molecule has 1 N–H and O–H groups in total. The predicted molar refractivity (Wildman–Crippen MR) is 100 cm³/mol. The van der Waals surface area contributed by atoms with Crippen LogP contribution in [0.4, 0.5) is 4.39 Å². The van der Waals surface area contributed by atoms with Crippen molar-refractivity contribution in [2.75, 3.05) is 19.6 Å². The molecule has 1 aliphatic heterocycles. The Bertz CT molecular complexity index is 818. The number of hydrogen-bond donors (Lipinski definition) is 1. The fourth-order valence-corrected chi connectivity index (χ4v) is 3.34. The van der Waals surface area contributed by atoms with Crippen LogP contribution in [0.3, 0.4) is 0 Å². The van der Waals surface area contributed by atoms with E-state index in [9.17, 15) is 14.0 Å². The maximum absolute atomic E-state index is 14.0. The lowest BCUT2D eigenvalue weighted by atomic mass is 10.2. The highest BCUT2D eigenvalue weighted by Gasteiger charge is 2.18. The van der Waals surface area contributed by atoms with Gasteiger partial charge in [0.2, 0.25) is 5.91 Å². The SMILES string of the molecule is Cc1c(C(=O)NCCCN2CCCCCC2=O)cnn1-c1ccccc1F. The second kappa shape index (κ2) is 8.79. The van der Waals surface area contributed by atoms with Crippen LogP contribution in [0.15, 0.2) is 30.5 Å². The van der Waals surface area contributed by atoms with Crippen molar-refractivity contribution in [3.8, 4) is 5.69 Å². The number of rotatable bonds is 6. The van der Waals surface area contributed by atoms with Crippen LogP contribution in [-0.2, 0) is 4.79 Å². The Labute approximate surface area is 158 Å². The molecule has 3 rings (SSSR count). The average molecular weight is 372 g/mol. The maximum Gasteiger partial charge on any atom is 0.254 e. The van der Waals surface area contributed by atoms with Crippen molar-refractivity contribution in [1.29, 1.82) is 0 Å². The summed E-state index contributed by atoms with van der Waals surface area (Å²) in [5.41, 5.74) is 1.32. The van der Waals surface area contributed by atoms with Gasteiger partial charge in [-0.05, 0) is 38.3 Å². The molecular weight excluding hydrogens is 347 g/mol. The summed E-state index contributed by atoms with van der Waals surface area (Å²) in [6, 6.07) is 6.32. The summed E-state index contributed by atoms with van der Waals surface area (Å²) in [5, 5.41) is 7.02. The number of nitrogens with one attached hydrogen (secondary N) is 1. The first-order valence-corrected chi connectivity index (χ1v) is 9.43. The van der Waals surface area contributed by atoms with Gasteiger partial charge in [0, 0.05) is 26.1 Å². The van der Waals surface area contributed by atoms with Crippen molar-refractivity contribution in [3.05, 3.63) is 47.5 Å². The summed E-state index contributed by atoms with van der Waals surface area (Å²) in [6.07, 6.45) is 5.91. The summed E-state index contributed by atoms with van der Waals surface area (Å²) >= 11 is 0. The zero-order valence-corrected chi connectivity index (χ0v) is 15.6. The number of carbonyl (C=O) groups excluding carboxylic acids is 2. The molecule has 1 saturated heterocycles. The molecule has 0 saturated carbocycles. The molecule has 1 aromatic heterocycles. The quantitative estimate of drug-likeness (QED) is 0.793. The summed E-state index contributed by atoms with van der Waals surface area (Å²) in [4.78, 5) is 26.3. The fourth-order valence-electron chi connectivity index (χ4n) is 3.34. The van der Waals surface area contributed by atoms with Crippen LogP contribution in [0.2, 0.25) is 0 Å². The van der Waals surface area contributed by atoms with E-state index in [1.165, 1.54) is 16.9 Å². The lowest BCUT2D eigenvalue weighted by molar-refractivity contribution is -0.130. The van der Waals surface area contributed by atoms with Gasteiger partial charge in [-0.3, -0.25) is 9.59 Å². The minimum absolute atomic E-state index is 0.209. The van der Waals surface area contributed by atoms with Crippen molar-refractivity contribution in [2.45, 2.75) is 39.0 Å². The van der Waals surface area contributed by atoms with Crippen LogP contribution in [-0.4, -0.2) is 46.1 Å². The number of benzene rings is 1. The first kappa shape index (κ1) is 19.1. The molecule has 7 heteroatoms. The van der Waals surface area contributed by atoms with Gasteiger partial charge >= 0.3 is 0 Å². The van der Waals surface area contributed by atoms with Gasteiger partial charge in [0.15, 0.2) is 0 Å². The Morgan fingerprint density at radius 2 is 2.07 bits per heavy atom. The van der Waals surface area contributed by atoms with Crippen LogP contribution in [0.5, 0.6) is 0 Å². The number of halogens is 1. The Kier molecular flexibility index (Phi) is 6.21. The Hall–Kier alpha value is -2.70. The molecule has 27 heavy (non-hydrogen) atoms. The number of aromatic nitrogens is 2. The highest BCUT2D eigenvalue weighted by Crippen LogP contribution is 2.17. The van der Waals surface area contributed by atoms with E-state index in [0.717, 1.165) is 25.8 Å². The molecule has 0 unspecified atom stereocenters. The van der Waals surface area contributed by atoms with E-state index in [-0.39, 0.29) is 11.8 Å². The number of likely N-dealkylation sites (tertiary alicyclic amines) is 1. The molecule has 1 aliphatic rings. The molecule has 0 aliphatic carbocycles. The average Bonchev–Trinajstić information content (AvgIpc) is 2.92. The van der Waals surface area contributed by atoms with Gasteiger partial charge < -0.3 is 10.2 Å². The third-order valence-corrected chi connectivity index (χ3v) is 4.90. The standard InChI is InChI=1S/C20H25FN4O2/c1-15-16(14-23-25(15)18-9-5-4-8-17(18)21)20(27)22-11-7-13-24-12-6-2-3-10-19(24)26/h4-5,8-9,14H,2-3,6-7,10-13H2,1H3,(H,22,27). The first-order valence-electron chi connectivity index (χ1n) is 9.43. The number of para-hydroxylation sites is 1. The van der Waals surface area contributed by atoms with Gasteiger partial charge in [-0.1, -0.05) is 18.6 Å². The smallest absolute Gasteiger partial charge is 0.254 e. The highest BCUT2D eigenvalue weighted by atomic mass is 19.1. The van der Waals surface area contributed by atoms with Crippen LogP contribution in [0.25, 0.3) is 5.69 Å². The van der Waals surface area contributed by atoms with Gasteiger partial charge in [-0.2, -0.15) is 5.10 Å². The van der Waals surface area contributed by atoms with E-state index in [0.29, 0.717) is 42.9 Å². The van der Waals surface area contributed by atoms with Crippen LogP contribution in [0, 0.1) is 12.7 Å². The molecule has 144 valence electrons. The van der Waals surface area contributed by atoms with E-state index >= 15 is 0 Å². The monoisotopic (exact) mass is 372 g/mol. The lowest BCUT2D eigenvalue weighted by Gasteiger charge is -2.20. The molecule has 0 spiro atoms. The van der Waals surface area contributed by atoms with Crippen molar-refractivity contribution in [3.63, 3.8) is 0 Å². The molecule has 2 amide bonds. The van der Waals surface area contributed by atoms with Crippen molar-refractivity contribution >= 4 is 11.8 Å². The molecule has 0 radical (unpaired) electrons. The molecule has 2 heterocycles. The molecule has 6 nitrogen and oxygen atoms in total. The minimum atomic E-state index is -0.391. The van der Waals surface area contributed by atoms with E-state index < -0.39 is 5.82 Å². The van der Waals surface area contributed by atoms with E-state index in [4.69, 9.17) is 0 Å². The van der Waals surface area contributed by atoms with Crippen LogP contribution < -0.4 is 5.32 Å². The van der Waals surface area contributed by atoms with E-state index in [2.05, 4.69) is 10.4 Å². The Morgan fingerprint density at radius 1 is 1.26 bits per heavy atom. The molecule has 1 aromatic carbocycles. The van der Waals surface area contributed by atoms with Crippen LogP contribution in [0.1, 0.15) is 48.2 Å². The van der Waals surface area contributed by atoms with Crippen molar-refractivity contribution in [1.82, 2.24) is 20.0 Å². The Balaban J connectivity index is 1.54. The fraction of sp³-hybridized carbons (Fsp3) is 0.450. The molecule has 2 aromatic rings. The second-order valence-corrected chi connectivity index (χ2v) is 6.81. The molecule has 0 atom stereocenters. The number of carbonyl (C=O) groups is 2. The van der Waals surface area contributed by atoms with Crippen molar-refractivity contribution in [2.24, 2.45) is 0 Å². The third-order valence-electron chi connectivity index (χ3n) is 4.90. The zero-order chi connectivity index (χ0) is 19.2. The summed E-state index contributed by atoms with van der Waals surface area (Å²) in [7, 11) is 0. The number of amides is 2. The summed E-state index contributed by atoms with van der Waals surface area (Å²) in [6.45, 7) is 3.69. The first-order chi connectivity index (χ1) is 13.1. The lowest BCUT2D eigenvalue weighted by Crippen LogP contribution is -2.34. The summed E-state index contributed by atoms with van der Waals surface area (Å²) in [5.74, 6) is -0.420. The normalized spacial score (nSPS) is 14.9. The van der Waals surface area contributed by atoms with Gasteiger partial charge in [-0.15, -0.1) is 0 Å². The van der Waals surface area contributed by atoms with Crippen LogP contribution >= 0.6 is 0 Å². The molecular formula is C20H25FN4O2. The zero-order valence-electron chi connectivity index (χ0n) is 15.6. The minimum Gasteiger partial charge on any atom is -0.352 e. The topological polar surface area (TPSA) is 67.2 Å². The molecule has 1 fully saturated rings. The van der Waals surface area contributed by atoms with Gasteiger partial charge in [0.1, 0.15) is 11.5 Å². The van der Waals surface area contributed by atoms with E-state index in [1.807, 2.05) is 4.90 Å². The number of hydrogen-bond acceptors (Lipinski definition) is 3. The largest absolute Gasteiger partial charge is 0.352 e. The Morgan fingerprint density at radius 3 is 2.89 bits per heavy atom. The second-order valence-electron chi connectivity index (χ2n) is 6.81. The summed E-state index contributed by atoms with van der Waals surface area (Å²) < 4.78 is 15.4. The number of nitrogens with zero attached hydrogens (tertiary/aromatic N) is 3. The maximum atomic E-state index is 14.0. The van der Waals surface area contributed by atoms with Gasteiger partial charge in [-0.25, -0.2) is 9.07 Å². The van der Waals surface area contributed by atoms with Crippen molar-refractivity contribution < 1.29 is 14.0 Å². The molecule has 0 bridgehead atoms. The van der Waals surface area contributed by atoms with Gasteiger partial charge in [0.05, 0.1) is 17.5 Å². The third kappa shape index (κ3) is 4.53. The highest BCUT2D eigenvalue weighted by molar-refractivity contribution is 5.95. The van der Waals surface area contributed by atoms with E-state index in [1.54, 1.807) is 25.1 Å². The predicted octanol–water partition coefficient (Wildman–Crippen LogP) is 2.84. The van der Waals surface area contributed by atoms with Gasteiger partial charge in [0.25, 0.3) is 5.91 Å².